The summed E-state index contributed by atoms with van der Waals surface area (Å²) in [4.78, 5) is 14.7. The zero-order valence-electron chi connectivity index (χ0n) is 14.6. The Kier molecular flexibility index (Phi) is 5.90. The first-order valence-electron chi connectivity index (χ1n) is 8.74. The molecule has 3 rings (SSSR count). The molecule has 1 heterocycles. The molecule has 0 radical (unpaired) electrons. The fraction of sp³-hybridized carbons (Fsp3) is 0.350. The molecule has 0 aromatic heterocycles. The lowest BCUT2D eigenvalue weighted by Gasteiger charge is -2.21. The third-order valence-corrected chi connectivity index (χ3v) is 4.22. The Morgan fingerprint density at radius 3 is 2.88 bits per heavy atom. The molecule has 132 valence electrons. The molecule has 0 aliphatic carbocycles. The van der Waals surface area contributed by atoms with Crippen LogP contribution in [0.2, 0.25) is 0 Å². The van der Waals surface area contributed by atoms with E-state index in [2.05, 4.69) is 46.8 Å². The summed E-state index contributed by atoms with van der Waals surface area (Å²) in [6, 6.07) is 16.0. The van der Waals surface area contributed by atoms with E-state index >= 15 is 0 Å². The highest BCUT2D eigenvalue weighted by molar-refractivity contribution is 5.98. The van der Waals surface area contributed by atoms with E-state index in [-0.39, 0.29) is 5.91 Å². The molecule has 2 N–H and O–H groups in total. The van der Waals surface area contributed by atoms with Gasteiger partial charge in [0.05, 0.1) is 11.3 Å². The molecule has 1 amide bonds. The molecule has 0 saturated carbocycles. The first kappa shape index (κ1) is 17.3. The quantitative estimate of drug-likeness (QED) is 0.762. The molecule has 0 atom stereocenters. The SMILES string of the molecule is CN(CCCNC(=O)c1cccc2c1OCCN2)Cc1ccccc1. The van der Waals surface area contributed by atoms with Crippen molar-refractivity contribution in [2.45, 2.75) is 13.0 Å². The van der Waals surface area contributed by atoms with E-state index in [1.54, 1.807) is 0 Å². The van der Waals surface area contributed by atoms with Gasteiger partial charge in [0, 0.05) is 19.6 Å². The fourth-order valence-corrected chi connectivity index (χ4v) is 2.97. The monoisotopic (exact) mass is 339 g/mol. The number of ether oxygens (including phenoxy) is 1. The molecule has 1 aliphatic rings. The molecule has 0 bridgehead atoms. The number of nitrogens with zero attached hydrogens (tertiary/aromatic N) is 1. The van der Waals surface area contributed by atoms with Crippen molar-refractivity contribution in [1.29, 1.82) is 0 Å². The summed E-state index contributed by atoms with van der Waals surface area (Å²) in [5.74, 6) is 0.582. The molecule has 5 heteroatoms. The zero-order chi connectivity index (χ0) is 17.5. The maximum atomic E-state index is 12.4. The van der Waals surface area contributed by atoms with Gasteiger partial charge in [0.15, 0.2) is 5.75 Å². The lowest BCUT2D eigenvalue weighted by Crippen LogP contribution is -2.29. The summed E-state index contributed by atoms with van der Waals surface area (Å²) in [7, 11) is 2.10. The topological polar surface area (TPSA) is 53.6 Å². The molecular formula is C20H25N3O2. The maximum absolute atomic E-state index is 12.4. The second kappa shape index (κ2) is 8.53. The molecule has 5 nitrogen and oxygen atoms in total. The average molecular weight is 339 g/mol. The van der Waals surface area contributed by atoms with E-state index in [4.69, 9.17) is 4.74 Å². The fourth-order valence-electron chi connectivity index (χ4n) is 2.97. The van der Waals surface area contributed by atoms with Gasteiger partial charge < -0.3 is 20.3 Å². The average Bonchev–Trinajstić information content (AvgIpc) is 2.65. The normalized spacial score (nSPS) is 12.9. The van der Waals surface area contributed by atoms with E-state index < -0.39 is 0 Å². The van der Waals surface area contributed by atoms with Crippen LogP contribution < -0.4 is 15.4 Å². The Labute approximate surface area is 149 Å². The highest BCUT2D eigenvalue weighted by Gasteiger charge is 2.18. The van der Waals surface area contributed by atoms with Crippen LogP contribution >= 0.6 is 0 Å². The Morgan fingerprint density at radius 2 is 2.04 bits per heavy atom. The number of carbonyl (C=O) groups is 1. The van der Waals surface area contributed by atoms with Crippen molar-refractivity contribution in [3.8, 4) is 5.75 Å². The van der Waals surface area contributed by atoms with E-state index in [0.29, 0.717) is 24.5 Å². The van der Waals surface area contributed by atoms with Gasteiger partial charge in [-0.15, -0.1) is 0 Å². The Balaban J connectivity index is 1.44. The van der Waals surface area contributed by atoms with Gasteiger partial charge >= 0.3 is 0 Å². The molecule has 0 spiro atoms. The number of benzene rings is 2. The largest absolute Gasteiger partial charge is 0.489 e. The smallest absolute Gasteiger partial charge is 0.255 e. The van der Waals surface area contributed by atoms with Gasteiger partial charge in [0.1, 0.15) is 6.61 Å². The lowest BCUT2D eigenvalue weighted by molar-refractivity contribution is 0.0947. The Hall–Kier alpha value is -2.53. The molecule has 25 heavy (non-hydrogen) atoms. The van der Waals surface area contributed by atoms with Crippen LogP contribution in [0.15, 0.2) is 48.5 Å². The summed E-state index contributed by atoms with van der Waals surface area (Å²) in [6.45, 7) is 3.85. The molecular weight excluding hydrogens is 314 g/mol. The second-order valence-electron chi connectivity index (χ2n) is 6.29. The van der Waals surface area contributed by atoms with Crippen molar-refractivity contribution >= 4 is 11.6 Å². The van der Waals surface area contributed by atoms with Gasteiger partial charge in [-0.05, 0) is 37.7 Å². The van der Waals surface area contributed by atoms with Crippen LogP contribution in [-0.4, -0.2) is 44.1 Å². The molecule has 0 saturated heterocycles. The molecule has 2 aromatic carbocycles. The molecule has 0 fully saturated rings. The van der Waals surface area contributed by atoms with Crippen LogP contribution in [0.4, 0.5) is 5.69 Å². The van der Waals surface area contributed by atoms with Crippen LogP contribution in [0, 0.1) is 0 Å². The van der Waals surface area contributed by atoms with Gasteiger partial charge in [0.2, 0.25) is 0 Å². The minimum atomic E-state index is -0.0775. The number of hydrogen-bond donors (Lipinski definition) is 2. The Morgan fingerprint density at radius 1 is 1.20 bits per heavy atom. The first-order chi connectivity index (χ1) is 12.2. The van der Waals surface area contributed by atoms with Crippen molar-refractivity contribution in [3.05, 3.63) is 59.7 Å². The predicted molar refractivity (Wildman–Crippen MR) is 100 cm³/mol. The van der Waals surface area contributed by atoms with Crippen molar-refractivity contribution in [2.24, 2.45) is 0 Å². The minimum absolute atomic E-state index is 0.0775. The van der Waals surface area contributed by atoms with Crippen LogP contribution in [0.25, 0.3) is 0 Å². The third kappa shape index (κ3) is 4.73. The third-order valence-electron chi connectivity index (χ3n) is 4.22. The van der Waals surface area contributed by atoms with Gasteiger partial charge in [0.25, 0.3) is 5.91 Å². The number of nitrogens with one attached hydrogen (secondary N) is 2. The summed E-state index contributed by atoms with van der Waals surface area (Å²) in [5, 5.41) is 6.25. The van der Waals surface area contributed by atoms with Crippen LogP contribution in [-0.2, 0) is 6.54 Å². The van der Waals surface area contributed by atoms with Gasteiger partial charge in [-0.3, -0.25) is 4.79 Å². The second-order valence-corrected chi connectivity index (χ2v) is 6.29. The highest BCUT2D eigenvalue weighted by Crippen LogP contribution is 2.30. The van der Waals surface area contributed by atoms with Gasteiger partial charge in [-0.1, -0.05) is 36.4 Å². The molecule has 1 aliphatic heterocycles. The maximum Gasteiger partial charge on any atom is 0.255 e. The Bertz CT molecular complexity index is 703. The lowest BCUT2D eigenvalue weighted by atomic mass is 10.1. The summed E-state index contributed by atoms with van der Waals surface area (Å²) >= 11 is 0. The number of fused-ring (bicyclic) bond motifs is 1. The van der Waals surface area contributed by atoms with E-state index in [1.807, 2.05) is 24.3 Å². The number of para-hydroxylation sites is 1. The van der Waals surface area contributed by atoms with Crippen LogP contribution in [0.1, 0.15) is 22.3 Å². The van der Waals surface area contributed by atoms with Crippen molar-refractivity contribution in [1.82, 2.24) is 10.2 Å². The van der Waals surface area contributed by atoms with E-state index in [1.165, 1.54) is 5.56 Å². The van der Waals surface area contributed by atoms with Gasteiger partial charge in [-0.25, -0.2) is 0 Å². The standard InChI is InChI=1S/C20H25N3O2/c1-23(15-16-7-3-2-4-8-16)13-6-11-22-20(24)17-9-5-10-18-19(17)25-14-12-21-18/h2-5,7-10,21H,6,11-15H2,1H3,(H,22,24). The van der Waals surface area contributed by atoms with E-state index in [9.17, 15) is 4.79 Å². The van der Waals surface area contributed by atoms with Gasteiger partial charge in [-0.2, -0.15) is 0 Å². The zero-order valence-corrected chi connectivity index (χ0v) is 14.6. The molecule has 0 unspecified atom stereocenters. The van der Waals surface area contributed by atoms with E-state index in [0.717, 1.165) is 31.7 Å². The summed E-state index contributed by atoms with van der Waals surface area (Å²) in [5.41, 5.74) is 2.79. The number of hydrogen-bond acceptors (Lipinski definition) is 4. The molecule has 2 aromatic rings. The van der Waals surface area contributed by atoms with Crippen molar-refractivity contribution in [3.63, 3.8) is 0 Å². The van der Waals surface area contributed by atoms with Crippen LogP contribution in [0.3, 0.4) is 0 Å². The highest BCUT2D eigenvalue weighted by atomic mass is 16.5. The minimum Gasteiger partial charge on any atom is -0.489 e. The first-order valence-corrected chi connectivity index (χ1v) is 8.74. The number of carbonyl (C=O) groups excluding carboxylic acids is 1. The summed E-state index contributed by atoms with van der Waals surface area (Å²) < 4.78 is 5.66. The number of rotatable bonds is 7. The van der Waals surface area contributed by atoms with Crippen molar-refractivity contribution in [2.75, 3.05) is 38.6 Å². The number of anilines is 1. The van der Waals surface area contributed by atoms with Crippen LogP contribution in [0.5, 0.6) is 5.75 Å². The predicted octanol–water partition coefficient (Wildman–Crippen LogP) is 2.74. The van der Waals surface area contributed by atoms with Crippen molar-refractivity contribution < 1.29 is 9.53 Å². The summed E-state index contributed by atoms with van der Waals surface area (Å²) in [6.07, 6.45) is 0.906. The number of amides is 1.